The van der Waals surface area contributed by atoms with Gasteiger partial charge in [-0.05, 0) is 67.4 Å². The van der Waals surface area contributed by atoms with Gasteiger partial charge >= 0.3 is 0 Å². The van der Waals surface area contributed by atoms with Gasteiger partial charge in [0.2, 0.25) is 16.0 Å². The van der Waals surface area contributed by atoms with Crippen LogP contribution in [0.5, 0.6) is 0 Å². The predicted octanol–water partition coefficient (Wildman–Crippen LogP) is 14.0. The standard InChI is InChI=1S/C41H26O4P2/c1-5-13-30-26(9-1)17-21-34-38(30)39-31-14-6-2-10-27(31)18-22-35(39)43-46(42-34)25-47-44-36-23-19-28-11-3-7-15-32(28)40(36)41-33-16-8-4-12-29(33)20-24-37(41)45-47/h1-24H,25H2. The van der Waals surface area contributed by atoms with Gasteiger partial charge in [0, 0.05) is 21.5 Å². The van der Waals surface area contributed by atoms with Gasteiger partial charge in [-0.3, -0.25) is 0 Å². The van der Waals surface area contributed by atoms with Gasteiger partial charge in [0.1, 0.15) is 22.3 Å². The van der Waals surface area contributed by atoms with E-state index >= 15 is 0 Å². The van der Waals surface area contributed by atoms with E-state index < -0.39 is 16.0 Å². The molecule has 0 aliphatic heterocycles. The van der Waals surface area contributed by atoms with Crippen LogP contribution in [-0.2, 0) is 5.90 Å². The van der Waals surface area contributed by atoms with E-state index in [1.165, 1.54) is 0 Å². The van der Waals surface area contributed by atoms with Crippen LogP contribution in [0.2, 0.25) is 0 Å². The summed E-state index contributed by atoms with van der Waals surface area (Å²) < 4.78 is 27.4. The molecule has 0 atom stereocenters. The molecule has 6 heteroatoms. The van der Waals surface area contributed by atoms with Crippen molar-refractivity contribution in [1.82, 2.24) is 0 Å². The van der Waals surface area contributed by atoms with Crippen molar-refractivity contribution in [3.63, 3.8) is 0 Å². The molecule has 4 nitrogen and oxygen atoms in total. The van der Waals surface area contributed by atoms with Crippen molar-refractivity contribution in [2.24, 2.45) is 0 Å². The zero-order valence-electron chi connectivity index (χ0n) is 25.1. The largest absolute Gasteiger partial charge is 0.418 e. The summed E-state index contributed by atoms with van der Waals surface area (Å²) in [5, 5.41) is 13.4. The van der Waals surface area contributed by atoms with E-state index in [1.54, 1.807) is 0 Å². The maximum Gasteiger partial charge on any atom is 0.231 e. The molecule has 0 amide bonds. The fraction of sp³-hybridized carbons (Fsp3) is 0.0244. The van der Waals surface area contributed by atoms with Crippen LogP contribution >= 0.6 is 16.0 Å². The molecule has 0 aliphatic carbocycles. The molecule has 2 aromatic heterocycles. The second kappa shape index (κ2) is 10.6. The normalized spacial score (nSPS) is 11.9. The zero-order valence-corrected chi connectivity index (χ0v) is 26.9. The third-order valence-electron chi connectivity index (χ3n) is 9.09. The lowest BCUT2D eigenvalue weighted by atomic mass is 9.99. The van der Waals surface area contributed by atoms with Gasteiger partial charge in [0.25, 0.3) is 0 Å². The van der Waals surface area contributed by atoms with E-state index in [-0.39, 0.29) is 0 Å². The van der Waals surface area contributed by atoms with Crippen molar-refractivity contribution < 1.29 is 16.8 Å². The van der Waals surface area contributed by atoms with E-state index in [4.69, 9.17) is 16.8 Å². The molecule has 8 aromatic carbocycles. The average Bonchev–Trinajstić information content (AvgIpc) is 3.39. The number of rotatable bonds is 2. The van der Waals surface area contributed by atoms with Crippen LogP contribution in [0.4, 0.5) is 0 Å². The smallest absolute Gasteiger partial charge is 0.231 e. The number of fused-ring (bicyclic) bond motifs is 14. The van der Waals surface area contributed by atoms with Crippen LogP contribution in [0.15, 0.2) is 162 Å². The minimum absolute atomic E-state index is 0.460. The minimum atomic E-state index is -1.49. The summed E-state index contributed by atoms with van der Waals surface area (Å²) in [5.41, 5.74) is 3.25. The maximum absolute atomic E-state index is 6.86. The molecule has 0 N–H and O–H groups in total. The zero-order chi connectivity index (χ0) is 30.9. The summed E-state index contributed by atoms with van der Waals surface area (Å²) in [5.74, 6) is 0.460. The number of hydrogen-bond acceptors (Lipinski definition) is 4. The molecular formula is C41H26O4P2. The van der Waals surface area contributed by atoms with Gasteiger partial charge in [-0.2, -0.15) is 0 Å². The highest BCUT2D eigenvalue weighted by atomic mass is 31.2. The van der Waals surface area contributed by atoms with Crippen molar-refractivity contribution in [3.05, 3.63) is 146 Å². The third-order valence-corrected chi connectivity index (χ3v) is 12.5. The van der Waals surface area contributed by atoms with E-state index in [1.807, 2.05) is 0 Å². The van der Waals surface area contributed by atoms with Crippen LogP contribution in [0.3, 0.4) is 0 Å². The van der Waals surface area contributed by atoms with Crippen LogP contribution in [0, 0.1) is 0 Å². The van der Waals surface area contributed by atoms with Gasteiger partial charge in [-0.1, -0.05) is 121 Å². The number of benzene rings is 8. The molecule has 0 aliphatic rings. The highest BCUT2D eigenvalue weighted by Crippen LogP contribution is 2.49. The summed E-state index contributed by atoms with van der Waals surface area (Å²) in [6.07, 6.45) is 0. The van der Waals surface area contributed by atoms with E-state index in [9.17, 15) is 0 Å². The Kier molecular flexibility index (Phi) is 6.02. The highest BCUT2D eigenvalue weighted by Gasteiger charge is 2.17. The first-order valence-electron chi connectivity index (χ1n) is 15.6. The Morgan fingerprint density at radius 1 is 0.298 bits per heavy atom. The maximum atomic E-state index is 6.86. The molecule has 0 saturated heterocycles. The quantitative estimate of drug-likeness (QED) is 0.188. The van der Waals surface area contributed by atoms with Crippen molar-refractivity contribution in [3.8, 4) is 0 Å². The van der Waals surface area contributed by atoms with Gasteiger partial charge in [0.05, 0.1) is 0 Å². The van der Waals surface area contributed by atoms with Crippen molar-refractivity contribution in [1.29, 1.82) is 0 Å². The Bertz CT molecular complexity index is 2560. The van der Waals surface area contributed by atoms with Gasteiger partial charge in [-0.15, -0.1) is 0 Å². The summed E-state index contributed by atoms with van der Waals surface area (Å²) in [7, 11) is -2.97. The molecule has 47 heavy (non-hydrogen) atoms. The van der Waals surface area contributed by atoms with Gasteiger partial charge in [-0.25, -0.2) is 0 Å². The highest BCUT2D eigenvalue weighted by molar-refractivity contribution is 7.53. The molecule has 0 spiro atoms. The Morgan fingerprint density at radius 2 is 0.553 bits per heavy atom. The van der Waals surface area contributed by atoms with Crippen LogP contribution in [0.1, 0.15) is 0 Å². The summed E-state index contributed by atoms with van der Waals surface area (Å²) in [6.45, 7) is 0. The van der Waals surface area contributed by atoms with E-state index in [0.29, 0.717) is 5.90 Å². The molecule has 0 fully saturated rings. The monoisotopic (exact) mass is 644 g/mol. The minimum Gasteiger partial charge on any atom is -0.418 e. The van der Waals surface area contributed by atoms with Crippen molar-refractivity contribution >= 4 is 103 Å². The molecule has 0 saturated carbocycles. The van der Waals surface area contributed by atoms with Gasteiger partial charge in [0.15, 0.2) is 5.90 Å². The molecule has 224 valence electrons. The van der Waals surface area contributed by atoms with E-state index in [0.717, 1.165) is 87.0 Å². The lowest BCUT2D eigenvalue weighted by Crippen LogP contribution is -1.79. The van der Waals surface area contributed by atoms with Crippen LogP contribution in [0.25, 0.3) is 87.0 Å². The van der Waals surface area contributed by atoms with Crippen LogP contribution < -0.4 is 0 Å². The van der Waals surface area contributed by atoms with Crippen LogP contribution in [-0.4, -0.2) is 0 Å². The lowest BCUT2D eigenvalue weighted by molar-refractivity contribution is 0.625. The average molecular weight is 645 g/mol. The topological polar surface area (TPSA) is 52.6 Å². The SMILES string of the molecule is c1ccc2c(c1)ccc1op(Cp3oc4ccc5ccccc5c4c4c(ccc5ccccc54)o3)oc3ccc4ccccc4c3c12. The lowest BCUT2D eigenvalue weighted by Gasteiger charge is -2.05. The Labute approximate surface area is 270 Å². The fourth-order valence-corrected chi connectivity index (χ4v) is 10.3. The van der Waals surface area contributed by atoms with E-state index in [2.05, 4.69) is 146 Å². The molecule has 10 aromatic rings. The summed E-state index contributed by atoms with van der Waals surface area (Å²) >= 11 is 0. The van der Waals surface area contributed by atoms with Gasteiger partial charge < -0.3 is 16.8 Å². The Morgan fingerprint density at radius 3 is 0.830 bits per heavy atom. The third kappa shape index (κ3) is 4.30. The van der Waals surface area contributed by atoms with Crippen molar-refractivity contribution in [2.45, 2.75) is 5.90 Å². The Hall–Kier alpha value is -5.40. The summed E-state index contributed by atoms with van der Waals surface area (Å²) in [4.78, 5) is 0. The first-order valence-corrected chi connectivity index (χ1v) is 18.4. The first-order chi connectivity index (χ1) is 23.3. The molecule has 0 unspecified atom stereocenters. The van der Waals surface area contributed by atoms with Crippen molar-refractivity contribution in [2.75, 3.05) is 0 Å². The molecule has 10 rings (SSSR count). The second-order valence-electron chi connectivity index (χ2n) is 11.8. The first kappa shape index (κ1) is 26.8. The molecule has 0 bridgehead atoms. The molecule has 0 radical (unpaired) electrons. The molecule has 2 heterocycles. The summed E-state index contributed by atoms with van der Waals surface area (Å²) in [6, 6.07) is 50.7. The number of hydrogen-bond donors (Lipinski definition) is 0. The predicted molar refractivity (Wildman–Crippen MR) is 198 cm³/mol. The second-order valence-corrected chi connectivity index (χ2v) is 15.0. The Balaban J connectivity index is 1.30. The molecular weight excluding hydrogens is 618 g/mol. The fourth-order valence-electron chi connectivity index (χ4n) is 7.03.